The lowest BCUT2D eigenvalue weighted by Gasteiger charge is -2.13. The fourth-order valence-electron chi connectivity index (χ4n) is 1.67. The molecule has 0 bridgehead atoms. The standard InChI is InChI=1S/C14H5Cl3F4O2/c15-9-4-11(17)12(5-10(9)16)23-13(22)7-2-1-6(18)3-8(7)14(19,20)21/h1-5H. The Morgan fingerprint density at radius 1 is 0.957 bits per heavy atom. The highest BCUT2D eigenvalue weighted by molar-refractivity contribution is 6.43. The summed E-state index contributed by atoms with van der Waals surface area (Å²) in [7, 11) is 0. The zero-order valence-corrected chi connectivity index (χ0v) is 13.1. The molecule has 23 heavy (non-hydrogen) atoms. The molecular formula is C14H5Cl3F4O2. The van der Waals surface area contributed by atoms with Crippen LogP contribution in [0.15, 0.2) is 30.3 Å². The molecule has 0 N–H and O–H groups in total. The minimum Gasteiger partial charge on any atom is -0.421 e. The van der Waals surface area contributed by atoms with Gasteiger partial charge in [0.15, 0.2) is 5.75 Å². The monoisotopic (exact) mass is 386 g/mol. The summed E-state index contributed by atoms with van der Waals surface area (Å²) < 4.78 is 56.5. The lowest BCUT2D eigenvalue weighted by atomic mass is 10.1. The Labute approximate surface area is 142 Å². The van der Waals surface area contributed by atoms with Crippen LogP contribution in [0.5, 0.6) is 5.75 Å². The van der Waals surface area contributed by atoms with Gasteiger partial charge in [-0.1, -0.05) is 34.8 Å². The van der Waals surface area contributed by atoms with Gasteiger partial charge in [0.25, 0.3) is 0 Å². The second kappa shape index (κ2) is 6.55. The Kier molecular flexibility index (Phi) is 5.08. The summed E-state index contributed by atoms with van der Waals surface area (Å²) >= 11 is 17.2. The highest BCUT2D eigenvalue weighted by atomic mass is 35.5. The molecule has 9 heteroatoms. The molecule has 2 aromatic rings. The van der Waals surface area contributed by atoms with Gasteiger partial charge >= 0.3 is 12.1 Å². The maximum atomic E-state index is 13.0. The number of carbonyl (C=O) groups excluding carboxylic acids is 1. The van der Waals surface area contributed by atoms with Crippen LogP contribution in [0.3, 0.4) is 0 Å². The van der Waals surface area contributed by atoms with E-state index in [0.29, 0.717) is 12.1 Å². The summed E-state index contributed by atoms with van der Waals surface area (Å²) in [4.78, 5) is 12.0. The van der Waals surface area contributed by atoms with Crippen molar-refractivity contribution in [2.75, 3.05) is 0 Å². The first-order chi connectivity index (χ1) is 10.6. The van der Waals surface area contributed by atoms with Crippen LogP contribution in [0.4, 0.5) is 17.6 Å². The fraction of sp³-hybridized carbons (Fsp3) is 0.0714. The van der Waals surface area contributed by atoms with Crippen LogP contribution in [0.1, 0.15) is 15.9 Å². The number of alkyl halides is 3. The highest BCUT2D eigenvalue weighted by Gasteiger charge is 2.36. The van der Waals surface area contributed by atoms with Crippen molar-refractivity contribution in [1.29, 1.82) is 0 Å². The predicted molar refractivity (Wildman–Crippen MR) is 77.8 cm³/mol. The lowest BCUT2D eigenvalue weighted by Crippen LogP contribution is -2.17. The van der Waals surface area contributed by atoms with Crippen molar-refractivity contribution in [3.63, 3.8) is 0 Å². The number of carbonyl (C=O) groups is 1. The van der Waals surface area contributed by atoms with E-state index in [1.807, 2.05) is 0 Å². The topological polar surface area (TPSA) is 26.3 Å². The lowest BCUT2D eigenvalue weighted by molar-refractivity contribution is -0.138. The van der Waals surface area contributed by atoms with E-state index in [-0.39, 0.29) is 26.9 Å². The second-order valence-corrected chi connectivity index (χ2v) is 5.50. The van der Waals surface area contributed by atoms with Gasteiger partial charge in [-0.3, -0.25) is 0 Å². The summed E-state index contributed by atoms with van der Waals surface area (Å²) in [6, 6.07) is 3.84. The van der Waals surface area contributed by atoms with E-state index in [1.54, 1.807) is 0 Å². The summed E-state index contributed by atoms with van der Waals surface area (Å²) in [5, 5.41) is -0.0494. The van der Waals surface area contributed by atoms with E-state index in [4.69, 9.17) is 39.5 Å². The molecule has 0 amide bonds. The number of rotatable bonds is 2. The van der Waals surface area contributed by atoms with Crippen LogP contribution in [0.25, 0.3) is 0 Å². The smallest absolute Gasteiger partial charge is 0.417 e. The molecule has 0 atom stereocenters. The van der Waals surface area contributed by atoms with E-state index in [9.17, 15) is 22.4 Å². The molecule has 2 nitrogen and oxygen atoms in total. The Morgan fingerprint density at radius 2 is 1.57 bits per heavy atom. The zero-order valence-electron chi connectivity index (χ0n) is 10.8. The molecule has 0 spiro atoms. The molecule has 0 aliphatic carbocycles. The normalized spacial score (nSPS) is 11.4. The number of halogens is 7. The summed E-state index contributed by atoms with van der Waals surface area (Å²) in [6.07, 6.45) is -4.93. The molecule has 0 aromatic heterocycles. The first-order valence-corrected chi connectivity index (χ1v) is 6.96. The van der Waals surface area contributed by atoms with Crippen molar-refractivity contribution in [2.45, 2.75) is 6.18 Å². The summed E-state index contributed by atoms with van der Waals surface area (Å²) in [5.41, 5.74) is -2.32. The van der Waals surface area contributed by atoms with Crippen LogP contribution in [-0.2, 0) is 6.18 Å². The van der Waals surface area contributed by atoms with Crippen LogP contribution in [0, 0.1) is 5.82 Å². The van der Waals surface area contributed by atoms with E-state index in [0.717, 1.165) is 6.07 Å². The van der Waals surface area contributed by atoms with E-state index in [2.05, 4.69) is 0 Å². The Balaban J connectivity index is 2.41. The molecule has 0 heterocycles. The van der Waals surface area contributed by atoms with Crippen LogP contribution in [0.2, 0.25) is 15.1 Å². The zero-order chi connectivity index (χ0) is 17.4. The maximum absolute atomic E-state index is 13.0. The minimum absolute atomic E-state index is 0.00554. The van der Waals surface area contributed by atoms with Gasteiger partial charge in [-0.05, 0) is 24.3 Å². The minimum atomic E-state index is -4.93. The van der Waals surface area contributed by atoms with Crippen LogP contribution < -0.4 is 4.74 Å². The van der Waals surface area contributed by atoms with Gasteiger partial charge in [-0.2, -0.15) is 13.2 Å². The van der Waals surface area contributed by atoms with Gasteiger partial charge in [0, 0.05) is 6.07 Å². The summed E-state index contributed by atoms with van der Waals surface area (Å²) in [5.74, 6) is -2.78. The molecule has 0 aliphatic heterocycles. The number of hydrogen-bond donors (Lipinski definition) is 0. The van der Waals surface area contributed by atoms with E-state index < -0.39 is 29.1 Å². The van der Waals surface area contributed by atoms with Gasteiger partial charge < -0.3 is 4.74 Å². The van der Waals surface area contributed by atoms with E-state index in [1.165, 1.54) is 6.07 Å². The van der Waals surface area contributed by atoms with Gasteiger partial charge in [0.1, 0.15) is 5.82 Å². The van der Waals surface area contributed by atoms with Gasteiger partial charge in [-0.15, -0.1) is 0 Å². The van der Waals surface area contributed by atoms with Crippen molar-refractivity contribution in [3.05, 3.63) is 62.3 Å². The first-order valence-electron chi connectivity index (χ1n) is 5.83. The maximum Gasteiger partial charge on any atom is 0.417 e. The molecule has 0 radical (unpaired) electrons. The molecular weight excluding hydrogens is 383 g/mol. The number of esters is 1. The third-order valence-corrected chi connectivity index (χ3v) is 3.70. The molecule has 0 aliphatic rings. The van der Waals surface area contributed by atoms with Crippen molar-refractivity contribution in [3.8, 4) is 5.75 Å². The largest absolute Gasteiger partial charge is 0.421 e. The molecule has 2 aromatic carbocycles. The fourth-order valence-corrected chi connectivity index (χ4v) is 2.24. The van der Waals surface area contributed by atoms with Crippen LogP contribution >= 0.6 is 34.8 Å². The van der Waals surface area contributed by atoms with Crippen molar-refractivity contribution >= 4 is 40.8 Å². The van der Waals surface area contributed by atoms with Crippen molar-refractivity contribution < 1.29 is 27.1 Å². The average Bonchev–Trinajstić information content (AvgIpc) is 2.43. The SMILES string of the molecule is O=C(Oc1cc(Cl)c(Cl)cc1Cl)c1ccc(F)cc1C(F)(F)F. The van der Waals surface area contributed by atoms with Crippen LogP contribution in [-0.4, -0.2) is 5.97 Å². The van der Waals surface area contributed by atoms with Crippen molar-refractivity contribution in [1.82, 2.24) is 0 Å². The third-order valence-electron chi connectivity index (χ3n) is 2.68. The second-order valence-electron chi connectivity index (χ2n) is 4.27. The highest BCUT2D eigenvalue weighted by Crippen LogP contribution is 2.36. The number of ether oxygens (including phenoxy) is 1. The Bertz CT molecular complexity index is 775. The van der Waals surface area contributed by atoms with Gasteiger partial charge in [0.05, 0.1) is 26.2 Å². The number of hydrogen-bond acceptors (Lipinski definition) is 2. The molecule has 0 fully saturated rings. The Hall–Kier alpha value is -1.50. The van der Waals surface area contributed by atoms with Crippen molar-refractivity contribution in [2.24, 2.45) is 0 Å². The molecule has 0 saturated heterocycles. The van der Waals surface area contributed by atoms with E-state index >= 15 is 0 Å². The quantitative estimate of drug-likeness (QED) is 0.272. The molecule has 0 unspecified atom stereocenters. The van der Waals surface area contributed by atoms with Gasteiger partial charge in [0.2, 0.25) is 0 Å². The Morgan fingerprint density at radius 3 is 2.17 bits per heavy atom. The average molecular weight is 388 g/mol. The molecule has 0 saturated carbocycles. The number of benzene rings is 2. The molecule has 122 valence electrons. The first kappa shape index (κ1) is 17.8. The summed E-state index contributed by atoms with van der Waals surface area (Å²) in [6.45, 7) is 0. The molecule has 2 rings (SSSR count). The predicted octanol–water partition coefficient (Wildman–Crippen LogP) is 6.02. The van der Waals surface area contributed by atoms with Gasteiger partial charge in [-0.25, -0.2) is 9.18 Å². The third kappa shape index (κ3) is 4.07.